The Balaban J connectivity index is 1.44. The number of aromatic nitrogens is 1. The second-order valence-corrected chi connectivity index (χ2v) is 6.12. The molecule has 2 aromatic rings. The number of guanidine groups is 1. The summed E-state index contributed by atoms with van der Waals surface area (Å²) < 4.78 is 18.7. The monoisotopic (exact) mass is 344 g/mol. The number of H-pyrrole nitrogens is 1. The second kappa shape index (κ2) is 8.67. The van der Waals surface area contributed by atoms with E-state index in [1.165, 1.54) is 11.6 Å². The van der Waals surface area contributed by atoms with E-state index >= 15 is 0 Å². The van der Waals surface area contributed by atoms with Gasteiger partial charge in [0.1, 0.15) is 5.82 Å². The summed E-state index contributed by atoms with van der Waals surface area (Å²) in [5, 5.41) is 7.59. The Labute approximate surface area is 147 Å². The van der Waals surface area contributed by atoms with Crippen molar-refractivity contribution in [3.05, 3.63) is 47.4 Å². The molecule has 0 radical (unpaired) electrons. The number of rotatable bonds is 6. The van der Waals surface area contributed by atoms with E-state index in [1.807, 2.05) is 6.20 Å². The minimum Gasteiger partial charge on any atom is -0.377 e. The highest BCUT2D eigenvalue weighted by Crippen LogP contribution is 2.19. The Kier molecular flexibility index (Phi) is 6.06. The quantitative estimate of drug-likeness (QED) is 0.429. The molecule has 0 amide bonds. The minimum absolute atomic E-state index is 0.207. The zero-order valence-corrected chi connectivity index (χ0v) is 14.6. The van der Waals surface area contributed by atoms with E-state index in [0.29, 0.717) is 0 Å². The van der Waals surface area contributed by atoms with E-state index in [-0.39, 0.29) is 5.82 Å². The molecule has 0 fully saturated rings. The molecule has 0 atom stereocenters. The molecule has 0 saturated heterocycles. The van der Waals surface area contributed by atoms with Crippen molar-refractivity contribution in [1.29, 1.82) is 0 Å². The number of benzene rings is 1. The van der Waals surface area contributed by atoms with Gasteiger partial charge in [-0.3, -0.25) is 4.99 Å². The smallest absolute Gasteiger partial charge is 0.190 e. The van der Waals surface area contributed by atoms with Crippen LogP contribution in [-0.4, -0.2) is 44.3 Å². The Bertz CT molecular complexity index is 766. The average Bonchev–Trinajstić information content (AvgIpc) is 3.03. The van der Waals surface area contributed by atoms with Crippen LogP contribution in [0, 0.1) is 5.82 Å². The van der Waals surface area contributed by atoms with Gasteiger partial charge in [-0.2, -0.15) is 0 Å². The van der Waals surface area contributed by atoms with Crippen LogP contribution >= 0.6 is 0 Å². The molecule has 134 valence electrons. The van der Waals surface area contributed by atoms with Gasteiger partial charge in [0.05, 0.1) is 13.2 Å². The number of hydrogen-bond acceptors (Lipinski definition) is 2. The molecule has 6 heteroatoms. The molecule has 3 rings (SSSR count). The molecule has 0 bridgehead atoms. The van der Waals surface area contributed by atoms with Crippen LogP contribution in [0.5, 0.6) is 0 Å². The highest BCUT2D eigenvalue weighted by Gasteiger charge is 2.06. The molecule has 0 spiro atoms. The summed E-state index contributed by atoms with van der Waals surface area (Å²) in [6.07, 6.45) is 6.93. The number of hydrogen-bond donors (Lipinski definition) is 3. The number of ether oxygens (including phenoxy) is 1. The van der Waals surface area contributed by atoms with Crippen LogP contribution in [0.4, 0.5) is 4.39 Å². The van der Waals surface area contributed by atoms with Crippen molar-refractivity contribution in [1.82, 2.24) is 15.6 Å². The van der Waals surface area contributed by atoms with Gasteiger partial charge in [-0.25, -0.2) is 4.39 Å². The van der Waals surface area contributed by atoms with Gasteiger partial charge in [0.15, 0.2) is 5.96 Å². The summed E-state index contributed by atoms with van der Waals surface area (Å²) in [5.41, 5.74) is 3.50. The first-order chi connectivity index (χ1) is 12.3. The Morgan fingerprint density at radius 1 is 1.28 bits per heavy atom. The highest BCUT2D eigenvalue weighted by atomic mass is 19.1. The molecular weight excluding hydrogens is 319 g/mol. The lowest BCUT2D eigenvalue weighted by atomic mass is 10.1. The molecule has 3 N–H and O–H groups in total. The van der Waals surface area contributed by atoms with E-state index in [4.69, 9.17) is 4.74 Å². The first kappa shape index (κ1) is 17.5. The number of halogens is 1. The maximum Gasteiger partial charge on any atom is 0.190 e. The van der Waals surface area contributed by atoms with Crippen LogP contribution in [0.25, 0.3) is 10.9 Å². The third-order valence-corrected chi connectivity index (χ3v) is 4.44. The Hall–Kier alpha value is -2.34. The van der Waals surface area contributed by atoms with Gasteiger partial charge in [0, 0.05) is 37.2 Å². The van der Waals surface area contributed by atoms with Crippen molar-refractivity contribution in [2.75, 3.05) is 33.4 Å². The van der Waals surface area contributed by atoms with Crippen LogP contribution in [0.3, 0.4) is 0 Å². The third kappa shape index (κ3) is 4.82. The van der Waals surface area contributed by atoms with Crippen molar-refractivity contribution < 1.29 is 9.13 Å². The fourth-order valence-electron chi connectivity index (χ4n) is 3.03. The lowest BCUT2D eigenvalue weighted by molar-refractivity contribution is 0.153. The number of nitrogens with zero attached hydrogens (tertiary/aromatic N) is 1. The van der Waals surface area contributed by atoms with Crippen molar-refractivity contribution in [3.63, 3.8) is 0 Å². The van der Waals surface area contributed by atoms with E-state index in [0.717, 1.165) is 68.0 Å². The highest BCUT2D eigenvalue weighted by molar-refractivity contribution is 5.83. The van der Waals surface area contributed by atoms with Crippen molar-refractivity contribution >= 4 is 16.9 Å². The van der Waals surface area contributed by atoms with Crippen LogP contribution < -0.4 is 10.6 Å². The normalized spacial score (nSPS) is 15.3. The maximum atomic E-state index is 13.4. The SMILES string of the molecule is CN=C(NCCC1=CCOCC1)NCCc1c[nH]c2ccc(F)cc12. The maximum absolute atomic E-state index is 13.4. The zero-order valence-electron chi connectivity index (χ0n) is 14.6. The predicted molar refractivity (Wildman–Crippen MR) is 99.5 cm³/mol. The molecule has 2 heterocycles. The molecule has 0 saturated carbocycles. The number of aliphatic imine (C=N–C) groups is 1. The van der Waals surface area contributed by atoms with Crippen molar-refractivity contribution in [2.24, 2.45) is 4.99 Å². The molecule has 0 unspecified atom stereocenters. The van der Waals surface area contributed by atoms with Gasteiger partial charge in [0.25, 0.3) is 0 Å². The first-order valence-corrected chi connectivity index (χ1v) is 8.72. The Morgan fingerprint density at radius 2 is 2.12 bits per heavy atom. The van der Waals surface area contributed by atoms with Gasteiger partial charge < -0.3 is 20.4 Å². The van der Waals surface area contributed by atoms with E-state index in [1.54, 1.807) is 19.2 Å². The fraction of sp³-hybridized carbons (Fsp3) is 0.421. The first-order valence-electron chi connectivity index (χ1n) is 8.72. The summed E-state index contributed by atoms with van der Waals surface area (Å²) in [4.78, 5) is 7.43. The molecule has 1 aromatic heterocycles. The van der Waals surface area contributed by atoms with E-state index in [9.17, 15) is 4.39 Å². The van der Waals surface area contributed by atoms with Gasteiger partial charge in [0.2, 0.25) is 0 Å². The average molecular weight is 344 g/mol. The van der Waals surface area contributed by atoms with Gasteiger partial charge >= 0.3 is 0 Å². The molecular formula is C19H25FN4O. The summed E-state index contributed by atoms with van der Waals surface area (Å²) in [7, 11) is 1.77. The van der Waals surface area contributed by atoms with Crippen LogP contribution in [-0.2, 0) is 11.2 Å². The largest absolute Gasteiger partial charge is 0.377 e. The predicted octanol–water partition coefficient (Wildman–Crippen LogP) is 2.75. The van der Waals surface area contributed by atoms with Crippen molar-refractivity contribution in [2.45, 2.75) is 19.3 Å². The minimum atomic E-state index is -0.207. The summed E-state index contributed by atoms with van der Waals surface area (Å²) >= 11 is 0. The summed E-state index contributed by atoms with van der Waals surface area (Å²) in [6.45, 7) is 3.14. The standard InChI is InChI=1S/C19H25FN4O/c1-21-19(22-8-4-14-6-10-25-11-7-14)23-9-5-15-13-24-18-3-2-16(20)12-17(15)18/h2-3,6,12-13,24H,4-5,7-11H2,1H3,(H2,21,22,23). The van der Waals surface area contributed by atoms with Gasteiger partial charge in [-0.1, -0.05) is 11.6 Å². The van der Waals surface area contributed by atoms with Crippen molar-refractivity contribution in [3.8, 4) is 0 Å². The second-order valence-electron chi connectivity index (χ2n) is 6.12. The molecule has 1 aliphatic rings. The van der Waals surface area contributed by atoms with Crippen LogP contribution in [0.15, 0.2) is 41.0 Å². The van der Waals surface area contributed by atoms with Crippen LogP contribution in [0.2, 0.25) is 0 Å². The molecule has 1 aromatic carbocycles. The molecule has 5 nitrogen and oxygen atoms in total. The van der Waals surface area contributed by atoms with Crippen LogP contribution in [0.1, 0.15) is 18.4 Å². The van der Waals surface area contributed by atoms with Gasteiger partial charge in [-0.05, 0) is 43.0 Å². The lowest BCUT2D eigenvalue weighted by Crippen LogP contribution is -2.38. The van der Waals surface area contributed by atoms with E-state index < -0.39 is 0 Å². The number of aromatic amines is 1. The summed E-state index contributed by atoms with van der Waals surface area (Å²) in [6, 6.07) is 4.82. The topological polar surface area (TPSA) is 61.4 Å². The lowest BCUT2D eigenvalue weighted by Gasteiger charge is -2.15. The molecule has 1 aliphatic heterocycles. The fourth-order valence-corrected chi connectivity index (χ4v) is 3.03. The zero-order chi connectivity index (χ0) is 17.5. The molecule has 0 aliphatic carbocycles. The van der Waals surface area contributed by atoms with E-state index in [2.05, 4.69) is 26.7 Å². The molecule has 25 heavy (non-hydrogen) atoms. The number of nitrogens with one attached hydrogen (secondary N) is 3. The van der Waals surface area contributed by atoms with Gasteiger partial charge in [-0.15, -0.1) is 0 Å². The Morgan fingerprint density at radius 3 is 2.88 bits per heavy atom. The summed E-state index contributed by atoms with van der Waals surface area (Å²) in [5.74, 6) is 0.583. The number of fused-ring (bicyclic) bond motifs is 1. The third-order valence-electron chi connectivity index (χ3n) is 4.44.